The van der Waals surface area contributed by atoms with Crippen LogP contribution in [0.15, 0.2) is 60.2 Å². The minimum Gasteiger partial charge on any atom is -0.353 e. The third-order valence-electron chi connectivity index (χ3n) is 6.88. The third kappa shape index (κ3) is 5.60. The first-order valence-electron chi connectivity index (χ1n) is 13.0. The van der Waals surface area contributed by atoms with Crippen molar-refractivity contribution in [3.8, 4) is 11.3 Å². The number of rotatable bonds is 7. The molecule has 8 nitrogen and oxygen atoms in total. The van der Waals surface area contributed by atoms with Crippen molar-refractivity contribution in [1.29, 1.82) is 0 Å². The van der Waals surface area contributed by atoms with Crippen LogP contribution in [0.3, 0.4) is 0 Å². The van der Waals surface area contributed by atoms with Gasteiger partial charge in [-0.2, -0.15) is 0 Å². The average Bonchev–Trinajstić information content (AvgIpc) is 2.95. The fourth-order valence-electron chi connectivity index (χ4n) is 4.89. The van der Waals surface area contributed by atoms with Gasteiger partial charge in [-0.1, -0.05) is 44.2 Å². The van der Waals surface area contributed by atoms with Crippen LogP contribution in [-0.2, 0) is 9.59 Å². The predicted octanol–water partition coefficient (Wildman–Crippen LogP) is 5.37. The van der Waals surface area contributed by atoms with Gasteiger partial charge in [0.25, 0.3) is 0 Å². The van der Waals surface area contributed by atoms with Gasteiger partial charge in [0.15, 0.2) is 5.82 Å². The van der Waals surface area contributed by atoms with Crippen LogP contribution in [0.5, 0.6) is 0 Å². The Hall–Kier alpha value is -4.11. The molecule has 1 aliphatic rings. The second kappa shape index (κ2) is 12.4. The van der Waals surface area contributed by atoms with Crippen molar-refractivity contribution >= 4 is 41.3 Å². The van der Waals surface area contributed by atoms with E-state index in [1.54, 1.807) is 42.4 Å². The van der Waals surface area contributed by atoms with Crippen molar-refractivity contribution in [3.63, 3.8) is 0 Å². The van der Waals surface area contributed by atoms with E-state index < -0.39 is 5.82 Å². The Morgan fingerprint density at radius 1 is 1.18 bits per heavy atom. The molecule has 1 aromatic carbocycles. The van der Waals surface area contributed by atoms with Crippen LogP contribution in [0.25, 0.3) is 11.3 Å². The number of anilines is 2. The Bertz CT molecular complexity index is 1470. The number of carbonyl (C=O) groups is 2. The molecule has 4 rings (SSSR count). The highest BCUT2D eigenvalue weighted by Crippen LogP contribution is 2.38. The van der Waals surface area contributed by atoms with E-state index in [1.807, 2.05) is 31.7 Å². The van der Waals surface area contributed by atoms with Crippen LogP contribution < -0.4 is 4.90 Å². The highest BCUT2D eigenvalue weighted by atomic mass is 35.5. The molecule has 1 fully saturated rings. The van der Waals surface area contributed by atoms with Gasteiger partial charge in [0.2, 0.25) is 12.3 Å². The van der Waals surface area contributed by atoms with Crippen LogP contribution in [0.1, 0.15) is 36.6 Å². The lowest BCUT2D eigenvalue weighted by Gasteiger charge is -2.37. The smallest absolute Gasteiger partial charge is 0.246 e. The summed E-state index contributed by atoms with van der Waals surface area (Å²) in [7, 11) is 1.65. The molecule has 0 aliphatic carbocycles. The highest BCUT2D eigenvalue weighted by molar-refractivity contribution is 6.33. The molecule has 3 aromatic rings. The largest absolute Gasteiger partial charge is 0.353 e. The van der Waals surface area contributed by atoms with Gasteiger partial charge in [-0.3, -0.25) is 24.5 Å². The Kier molecular flexibility index (Phi) is 8.94. The van der Waals surface area contributed by atoms with Gasteiger partial charge in [-0.15, -0.1) is 0 Å². The van der Waals surface area contributed by atoms with Crippen molar-refractivity contribution in [2.24, 2.45) is 4.99 Å². The van der Waals surface area contributed by atoms with Crippen molar-refractivity contribution in [2.75, 3.05) is 38.1 Å². The Labute approximate surface area is 238 Å². The summed E-state index contributed by atoms with van der Waals surface area (Å²) in [6.07, 6.45) is 3.70. The molecule has 0 radical (unpaired) electrons. The third-order valence-corrected chi connectivity index (χ3v) is 7.17. The summed E-state index contributed by atoms with van der Waals surface area (Å²) in [5.41, 5.74) is 3.06. The number of piperazine rings is 1. The van der Waals surface area contributed by atoms with E-state index in [0.717, 1.165) is 5.56 Å². The lowest BCUT2D eigenvalue weighted by atomic mass is 10.0. The Morgan fingerprint density at radius 2 is 1.85 bits per heavy atom. The molecule has 208 valence electrons. The van der Waals surface area contributed by atoms with Gasteiger partial charge >= 0.3 is 0 Å². The zero-order valence-electron chi connectivity index (χ0n) is 23.1. The van der Waals surface area contributed by atoms with Crippen molar-refractivity contribution in [3.05, 3.63) is 82.9 Å². The first-order chi connectivity index (χ1) is 19.2. The number of nitrogens with zero attached hydrogens (tertiary/aromatic N) is 6. The predicted molar refractivity (Wildman–Crippen MR) is 157 cm³/mol. The molecular weight excluding hydrogens is 531 g/mol. The first-order valence-corrected chi connectivity index (χ1v) is 13.4. The van der Waals surface area contributed by atoms with Crippen LogP contribution in [0.4, 0.5) is 15.9 Å². The molecule has 3 heterocycles. The number of carbonyl (C=O) groups excluding carboxylic acids is 2. The van der Waals surface area contributed by atoms with Crippen molar-refractivity contribution < 1.29 is 14.0 Å². The van der Waals surface area contributed by atoms with Gasteiger partial charge < -0.3 is 9.80 Å². The van der Waals surface area contributed by atoms with E-state index in [1.165, 1.54) is 17.0 Å². The van der Waals surface area contributed by atoms with Gasteiger partial charge in [0.1, 0.15) is 11.7 Å². The minimum absolute atomic E-state index is 0.00826. The number of hydrogen-bond acceptors (Lipinski definition) is 5. The molecule has 0 unspecified atom stereocenters. The maximum absolute atomic E-state index is 14.9. The van der Waals surface area contributed by atoms with Gasteiger partial charge in [-0.05, 0) is 48.7 Å². The fraction of sp³-hybridized carbons (Fsp3) is 0.300. The minimum atomic E-state index is -0.485. The molecule has 0 saturated carbocycles. The number of pyridine rings is 2. The quantitative estimate of drug-likeness (QED) is 0.167. The number of halogens is 2. The first kappa shape index (κ1) is 28.9. The van der Waals surface area contributed by atoms with Crippen LogP contribution in [0, 0.1) is 12.7 Å². The SMILES string of the molecule is C=CC(=O)N1CCN(C(=NC)c2cc(Cl)c(-c3ccccc3F)nc2N(C=O)c2c(C)ccnc2C(C)C)CC1. The molecule has 0 atom stereocenters. The molecule has 2 amide bonds. The molecule has 0 spiro atoms. The van der Waals surface area contributed by atoms with E-state index in [-0.39, 0.29) is 33.9 Å². The van der Waals surface area contributed by atoms with Gasteiger partial charge in [0.05, 0.1) is 27.7 Å². The second-order valence-electron chi connectivity index (χ2n) is 9.73. The summed E-state index contributed by atoms with van der Waals surface area (Å²) in [4.78, 5) is 44.1. The van der Waals surface area contributed by atoms with E-state index in [4.69, 9.17) is 16.6 Å². The number of amidine groups is 1. The van der Waals surface area contributed by atoms with E-state index in [9.17, 15) is 14.0 Å². The molecular formula is C30H32ClFN6O2. The molecule has 10 heteroatoms. The highest BCUT2D eigenvalue weighted by Gasteiger charge is 2.30. The van der Waals surface area contributed by atoms with Crippen LogP contribution >= 0.6 is 11.6 Å². The maximum Gasteiger partial charge on any atom is 0.246 e. The lowest BCUT2D eigenvalue weighted by Crippen LogP contribution is -2.50. The molecule has 0 N–H and O–H groups in total. The van der Waals surface area contributed by atoms with E-state index in [0.29, 0.717) is 55.4 Å². The van der Waals surface area contributed by atoms with E-state index in [2.05, 4.69) is 16.6 Å². The van der Waals surface area contributed by atoms with E-state index >= 15 is 0 Å². The van der Waals surface area contributed by atoms with Crippen LogP contribution in [-0.4, -0.2) is 71.1 Å². The number of hydrogen-bond donors (Lipinski definition) is 0. The summed E-state index contributed by atoms with van der Waals surface area (Å²) in [5, 5.41) is 0.211. The van der Waals surface area contributed by atoms with Crippen LogP contribution in [0.2, 0.25) is 5.02 Å². The monoisotopic (exact) mass is 562 g/mol. The van der Waals surface area contributed by atoms with Crippen molar-refractivity contribution in [1.82, 2.24) is 19.8 Å². The summed E-state index contributed by atoms with van der Waals surface area (Å²) in [5.74, 6) is 0.195. The fourth-order valence-corrected chi connectivity index (χ4v) is 5.14. The number of aliphatic imine (C=N–C) groups is 1. The molecule has 2 aromatic heterocycles. The summed E-state index contributed by atoms with van der Waals surface area (Å²) >= 11 is 6.75. The van der Waals surface area contributed by atoms with Gasteiger partial charge in [0, 0.05) is 45.0 Å². The van der Waals surface area contributed by atoms with Gasteiger partial charge in [-0.25, -0.2) is 9.37 Å². The number of aromatic nitrogens is 2. The maximum atomic E-state index is 14.9. The molecule has 40 heavy (non-hydrogen) atoms. The molecule has 1 aliphatic heterocycles. The Balaban J connectivity index is 1.92. The second-order valence-corrected chi connectivity index (χ2v) is 10.1. The zero-order valence-corrected chi connectivity index (χ0v) is 23.8. The Morgan fingerprint density at radius 3 is 2.45 bits per heavy atom. The summed E-state index contributed by atoms with van der Waals surface area (Å²) < 4.78 is 14.9. The van der Waals surface area contributed by atoms with Crippen molar-refractivity contribution in [2.45, 2.75) is 26.7 Å². The zero-order chi connectivity index (χ0) is 29.0. The standard InChI is InChI=1S/C30H32ClFN6O2/c1-6-25(40)36-13-15-37(16-14-36)29(33-5)22-17-23(31)27(21-9-7-8-10-24(21)32)35-30(22)38(18-39)28-20(4)11-12-34-26(28)19(2)3/h6-12,17-19H,1,13-16H2,2-5H3. The number of aryl methyl sites for hydroxylation is 1. The normalized spacial score (nSPS) is 13.9. The summed E-state index contributed by atoms with van der Waals surface area (Å²) in [6, 6.07) is 9.72. The topological polar surface area (TPSA) is 82.0 Å². The summed E-state index contributed by atoms with van der Waals surface area (Å²) in [6.45, 7) is 11.4. The molecule has 0 bridgehead atoms. The average molecular weight is 563 g/mol. The lowest BCUT2D eigenvalue weighted by molar-refractivity contribution is -0.127. The number of amides is 2. The number of benzene rings is 1. The molecule has 1 saturated heterocycles.